The summed E-state index contributed by atoms with van der Waals surface area (Å²) in [4.78, 5) is 11.9. The quantitative estimate of drug-likeness (QED) is 0.474. The largest absolute Gasteiger partial charge is 0.465 e. The minimum atomic E-state index is -4.63. The molecule has 1 aliphatic rings. The Morgan fingerprint density at radius 3 is 2.72 bits per heavy atom. The lowest BCUT2D eigenvalue weighted by molar-refractivity contribution is -0.144. The van der Waals surface area contributed by atoms with Gasteiger partial charge in [-0.25, -0.2) is 4.21 Å². The number of nitrogens with zero attached hydrogens (tertiary/aromatic N) is 3. The number of alkyl halides is 3. The number of rotatable bonds is 7. The van der Waals surface area contributed by atoms with Gasteiger partial charge in [-0.05, 0) is 56.9 Å². The molecule has 11 heteroatoms. The number of esters is 1. The summed E-state index contributed by atoms with van der Waals surface area (Å²) in [5, 5.41) is 4.22. The third-order valence-corrected chi connectivity index (χ3v) is 6.06. The summed E-state index contributed by atoms with van der Waals surface area (Å²) in [7, 11) is 0. The summed E-state index contributed by atoms with van der Waals surface area (Å²) in [6, 6.07) is 2.55. The first-order valence-electron chi connectivity index (χ1n) is 10.0. The Bertz CT molecular complexity index is 1050. The highest BCUT2D eigenvalue weighted by atomic mass is 32.2. The number of carbonyl (C=O) groups is 1. The molecule has 1 N–H and O–H groups in total. The van der Waals surface area contributed by atoms with E-state index in [-0.39, 0.29) is 24.4 Å². The Kier molecular flexibility index (Phi) is 7.09. The summed E-state index contributed by atoms with van der Waals surface area (Å²) in [5.41, 5.74) is 0.924. The minimum Gasteiger partial charge on any atom is -0.465 e. The number of halogens is 3. The van der Waals surface area contributed by atoms with Crippen LogP contribution in [0.5, 0.6) is 0 Å². The van der Waals surface area contributed by atoms with Crippen molar-refractivity contribution >= 4 is 28.5 Å². The van der Waals surface area contributed by atoms with E-state index in [2.05, 4.69) is 11.7 Å². The van der Waals surface area contributed by atoms with Crippen LogP contribution in [0.4, 0.5) is 18.9 Å². The van der Waals surface area contributed by atoms with E-state index in [0.29, 0.717) is 36.1 Å². The van der Waals surface area contributed by atoms with Crippen molar-refractivity contribution in [1.29, 1.82) is 0 Å². The van der Waals surface area contributed by atoms with Crippen molar-refractivity contribution in [2.75, 3.05) is 10.9 Å². The van der Waals surface area contributed by atoms with Crippen molar-refractivity contribution in [2.24, 2.45) is 0 Å². The highest BCUT2D eigenvalue weighted by Crippen LogP contribution is 2.41. The second-order valence-electron chi connectivity index (χ2n) is 7.52. The minimum absolute atomic E-state index is 0.0466. The lowest BCUT2D eigenvalue weighted by Gasteiger charge is -2.33. The first-order chi connectivity index (χ1) is 15.0. The third kappa shape index (κ3) is 5.04. The highest BCUT2D eigenvalue weighted by Gasteiger charge is 2.36. The van der Waals surface area contributed by atoms with Gasteiger partial charge in [-0.1, -0.05) is 12.2 Å². The van der Waals surface area contributed by atoms with Crippen molar-refractivity contribution in [3.63, 3.8) is 0 Å². The highest BCUT2D eigenvalue weighted by molar-refractivity contribution is 7.80. The van der Waals surface area contributed by atoms with Crippen LogP contribution in [-0.2, 0) is 39.9 Å². The smallest absolute Gasteiger partial charge is 0.416 e. The lowest BCUT2D eigenvalue weighted by atomic mass is 9.92. The van der Waals surface area contributed by atoms with Crippen LogP contribution in [0.1, 0.15) is 55.1 Å². The van der Waals surface area contributed by atoms with Gasteiger partial charge in [0.1, 0.15) is 6.54 Å². The Labute approximate surface area is 186 Å². The molecule has 3 rings (SSSR count). The lowest BCUT2D eigenvalue weighted by Crippen LogP contribution is -2.33. The molecule has 1 aromatic heterocycles. The summed E-state index contributed by atoms with van der Waals surface area (Å²) in [5.74, 6) is -0.466. The average Bonchev–Trinajstić information content (AvgIpc) is 3.11. The monoisotopic (exact) mass is 471 g/mol. The topological polar surface area (TPSA) is 84.7 Å². The predicted octanol–water partition coefficient (Wildman–Crippen LogP) is 4.52. The van der Waals surface area contributed by atoms with Crippen LogP contribution < -0.4 is 4.31 Å². The van der Waals surface area contributed by atoms with Crippen LogP contribution in [0.2, 0.25) is 0 Å². The number of hydrogen-bond donors (Lipinski definition) is 1. The molecule has 0 bridgehead atoms. The van der Waals surface area contributed by atoms with E-state index in [4.69, 9.17) is 4.74 Å². The normalized spacial score (nSPS) is 16.9. The number of ether oxygens (including phenoxy) is 1. The molecule has 1 heterocycles. The fourth-order valence-electron chi connectivity index (χ4n) is 3.83. The van der Waals surface area contributed by atoms with Crippen molar-refractivity contribution in [2.45, 2.75) is 51.9 Å². The first-order valence-corrected chi connectivity index (χ1v) is 11.1. The summed E-state index contributed by atoms with van der Waals surface area (Å²) in [6.45, 7) is 7.08. The summed E-state index contributed by atoms with van der Waals surface area (Å²) < 4.78 is 70.4. The molecule has 174 valence electrons. The molecule has 0 saturated heterocycles. The zero-order valence-electron chi connectivity index (χ0n) is 17.7. The molecule has 2 atom stereocenters. The molecule has 0 radical (unpaired) electrons. The van der Waals surface area contributed by atoms with Crippen molar-refractivity contribution in [3.05, 3.63) is 53.4 Å². The predicted molar refractivity (Wildman–Crippen MR) is 114 cm³/mol. The second-order valence-corrected chi connectivity index (χ2v) is 8.38. The van der Waals surface area contributed by atoms with Gasteiger partial charge < -0.3 is 4.74 Å². The van der Waals surface area contributed by atoms with E-state index in [0.717, 1.165) is 16.4 Å². The molecular weight excluding hydrogens is 447 g/mol. The van der Waals surface area contributed by atoms with E-state index >= 15 is 0 Å². The van der Waals surface area contributed by atoms with Crippen molar-refractivity contribution < 1.29 is 31.5 Å². The van der Waals surface area contributed by atoms with Gasteiger partial charge in [0.15, 0.2) is 0 Å². The van der Waals surface area contributed by atoms with Crippen LogP contribution in [0, 0.1) is 0 Å². The second kappa shape index (κ2) is 9.45. The number of aromatic nitrogens is 2. The fourth-order valence-corrected chi connectivity index (χ4v) is 4.55. The Hall–Kier alpha value is -2.66. The number of allylic oxidation sites excluding steroid dienone is 1. The number of anilines is 1. The van der Waals surface area contributed by atoms with Gasteiger partial charge in [-0.2, -0.15) is 18.3 Å². The van der Waals surface area contributed by atoms with Crippen LogP contribution in [-0.4, -0.2) is 31.1 Å². The third-order valence-electron chi connectivity index (χ3n) is 5.26. The van der Waals surface area contributed by atoms with E-state index in [1.54, 1.807) is 13.8 Å². The van der Waals surface area contributed by atoms with Gasteiger partial charge in [-0.3, -0.25) is 18.3 Å². The summed E-state index contributed by atoms with van der Waals surface area (Å²) in [6.07, 6.45) is -1.53. The number of benzene rings is 1. The SMILES string of the molecule is C=C(C)c1cc(N(C2CCCc3c2cnn3CC(=O)OCC)S(=O)O)cc(C(F)(F)F)c1. The van der Waals surface area contributed by atoms with E-state index in [1.165, 1.54) is 16.9 Å². The zero-order valence-corrected chi connectivity index (χ0v) is 18.5. The molecule has 0 amide bonds. The first kappa shape index (κ1) is 24.0. The van der Waals surface area contributed by atoms with E-state index < -0.39 is 35.0 Å². The molecule has 2 unspecified atom stereocenters. The Balaban J connectivity index is 2.06. The van der Waals surface area contributed by atoms with Crippen LogP contribution in [0.3, 0.4) is 0 Å². The molecule has 1 aromatic carbocycles. The molecule has 0 spiro atoms. The van der Waals surface area contributed by atoms with Gasteiger partial charge in [-0.15, -0.1) is 0 Å². The fraction of sp³-hybridized carbons (Fsp3) is 0.429. The van der Waals surface area contributed by atoms with E-state index in [1.807, 2.05) is 0 Å². The number of hydrogen-bond acceptors (Lipinski definition) is 4. The molecule has 0 aliphatic heterocycles. The van der Waals surface area contributed by atoms with Crippen LogP contribution in [0.15, 0.2) is 31.0 Å². The van der Waals surface area contributed by atoms with Crippen LogP contribution >= 0.6 is 0 Å². The molecule has 32 heavy (non-hydrogen) atoms. The molecule has 1 aliphatic carbocycles. The maximum Gasteiger partial charge on any atom is 0.416 e. The van der Waals surface area contributed by atoms with E-state index in [9.17, 15) is 26.7 Å². The van der Waals surface area contributed by atoms with Gasteiger partial charge in [0.25, 0.3) is 11.3 Å². The molecule has 0 saturated carbocycles. The maximum absolute atomic E-state index is 13.5. The van der Waals surface area contributed by atoms with Gasteiger partial charge in [0, 0.05) is 11.3 Å². The Morgan fingerprint density at radius 2 is 2.12 bits per heavy atom. The zero-order chi connectivity index (χ0) is 23.6. The number of carbonyl (C=O) groups excluding carboxylic acids is 1. The Morgan fingerprint density at radius 1 is 1.41 bits per heavy atom. The maximum atomic E-state index is 13.5. The average molecular weight is 472 g/mol. The molecule has 0 fully saturated rings. The number of fused-ring (bicyclic) bond motifs is 1. The van der Waals surface area contributed by atoms with Crippen LogP contribution in [0.25, 0.3) is 5.57 Å². The summed E-state index contributed by atoms with van der Waals surface area (Å²) >= 11 is -2.61. The molecule has 7 nitrogen and oxygen atoms in total. The van der Waals surface area contributed by atoms with Gasteiger partial charge in [0.2, 0.25) is 0 Å². The molecule has 2 aromatic rings. The molecular formula is C21H24F3N3O4S. The van der Waals surface area contributed by atoms with Crippen molar-refractivity contribution in [1.82, 2.24) is 9.78 Å². The van der Waals surface area contributed by atoms with Gasteiger partial charge in [0.05, 0.1) is 30.1 Å². The van der Waals surface area contributed by atoms with Gasteiger partial charge >= 0.3 is 12.1 Å². The standard InChI is InChI=1S/C21H24F3N3O4S/c1-4-31-20(28)12-26-18-6-5-7-19(17(18)11-25-26)27(32(29)30)16-9-14(13(2)3)8-15(10-16)21(22,23)24/h8-11,19H,2,4-7,12H2,1,3H3,(H,29,30). The van der Waals surface area contributed by atoms with Crippen molar-refractivity contribution in [3.8, 4) is 0 Å².